The summed E-state index contributed by atoms with van der Waals surface area (Å²) in [6, 6.07) is 5.81. The van der Waals surface area contributed by atoms with Crippen LogP contribution >= 0.6 is 0 Å². The number of H-pyrrole nitrogens is 1. The molecule has 1 saturated heterocycles. The summed E-state index contributed by atoms with van der Waals surface area (Å²) in [6.45, 7) is 7.51. The molecule has 1 aliphatic heterocycles. The number of hydrogen-bond donors (Lipinski definition) is 2. The number of hydrogen-bond acceptors (Lipinski definition) is 6. The number of nitrogens with zero attached hydrogens (tertiary/aromatic N) is 4. The number of fused-ring (bicyclic) bond motifs is 1. The van der Waals surface area contributed by atoms with Crippen LogP contribution in [0.5, 0.6) is 11.6 Å². The van der Waals surface area contributed by atoms with Gasteiger partial charge in [-0.3, -0.25) is 14.5 Å². The number of imidazole rings is 1. The highest BCUT2D eigenvalue weighted by Gasteiger charge is 2.29. The van der Waals surface area contributed by atoms with Crippen LogP contribution in [0.25, 0.3) is 11.0 Å². The minimum atomic E-state index is -0.593. The number of amides is 2. The maximum Gasteiger partial charge on any atom is 0.280 e. The first kappa shape index (κ1) is 29.8. The molecule has 11 heteroatoms. The fraction of sp³-hybridized carbons (Fsp3) is 0.548. The van der Waals surface area contributed by atoms with E-state index in [0.717, 1.165) is 56.9 Å². The topological polar surface area (TPSA) is 114 Å². The SMILES string of the molecule is COc1cc(F)cc(C(=O)/N=c2\[nH]c3cnc(OCCN4CCCCC4)cc3n2[C@H]2CC[C@@H](C(=O)NC(C)C)CC2)c1. The van der Waals surface area contributed by atoms with Crippen LogP contribution in [-0.4, -0.2) is 70.6 Å². The van der Waals surface area contributed by atoms with E-state index in [4.69, 9.17) is 9.47 Å². The highest BCUT2D eigenvalue weighted by Crippen LogP contribution is 2.34. The zero-order valence-electron chi connectivity index (χ0n) is 24.7. The first-order valence-electron chi connectivity index (χ1n) is 15.0. The van der Waals surface area contributed by atoms with E-state index >= 15 is 0 Å². The number of piperidine rings is 1. The van der Waals surface area contributed by atoms with Gasteiger partial charge in [0, 0.05) is 42.2 Å². The molecule has 0 spiro atoms. The smallest absolute Gasteiger partial charge is 0.280 e. The van der Waals surface area contributed by atoms with Gasteiger partial charge in [-0.2, -0.15) is 4.99 Å². The van der Waals surface area contributed by atoms with E-state index in [2.05, 4.69) is 25.2 Å². The Morgan fingerprint density at radius 1 is 1.12 bits per heavy atom. The van der Waals surface area contributed by atoms with E-state index in [1.807, 2.05) is 24.5 Å². The van der Waals surface area contributed by atoms with Crippen molar-refractivity contribution in [3.8, 4) is 11.6 Å². The Bertz CT molecular complexity index is 1470. The standard InChI is InChI=1S/C31H41FN6O4/c1-20(2)34-29(39)21-7-9-24(10-8-21)38-27-18-28(42-14-13-37-11-5-4-6-12-37)33-19-26(27)35-31(38)36-30(40)22-15-23(32)17-25(16-22)41-3/h15-21,24H,4-14H2,1-3H3,(H,34,39)(H,35,36,40)/t21-,24+. The fourth-order valence-electron chi connectivity index (χ4n) is 5.97. The van der Waals surface area contributed by atoms with E-state index in [0.29, 0.717) is 23.6 Å². The number of halogens is 1. The van der Waals surface area contributed by atoms with Crippen molar-refractivity contribution in [2.24, 2.45) is 10.9 Å². The molecule has 0 radical (unpaired) electrons. The normalized spacial score (nSPS) is 20.2. The second kappa shape index (κ2) is 13.5. The largest absolute Gasteiger partial charge is 0.497 e. The number of ether oxygens (including phenoxy) is 2. The van der Waals surface area contributed by atoms with Crippen molar-refractivity contribution in [1.82, 2.24) is 24.8 Å². The summed E-state index contributed by atoms with van der Waals surface area (Å²) in [5.74, 6) is -0.390. The highest BCUT2D eigenvalue weighted by molar-refractivity contribution is 5.95. The van der Waals surface area contributed by atoms with E-state index in [-0.39, 0.29) is 35.2 Å². The monoisotopic (exact) mass is 580 g/mol. The van der Waals surface area contributed by atoms with Gasteiger partial charge in [-0.1, -0.05) is 6.42 Å². The molecule has 1 saturated carbocycles. The highest BCUT2D eigenvalue weighted by atomic mass is 19.1. The lowest BCUT2D eigenvalue weighted by Gasteiger charge is -2.29. The number of benzene rings is 1. The molecule has 42 heavy (non-hydrogen) atoms. The van der Waals surface area contributed by atoms with Crippen LogP contribution in [0.4, 0.5) is 4.39 Å². The van der Waals surface area contributed by atoms with Crippen LogP contribution in [0, 0.1) is 11.7 Å². The molecule has 3 aromatic rings. The van der Waals surface area contributed by atoms with Crippen molar-refractivity contribution < 1.29 is 23.5 Å². The van der Waals surface area contributed by atoms with Gasteiger partial charge in [0.25, 0.3) is 5.91 Å². The van der Waals surface area contributed by atoms with Gasteiger partial charge < -0.3 is 24.3 Å². The van der Waals surface area contributed by atoms with Gasteiger partial charge in [-0.05, 0) is 77.6 Å². The first-order valence-corrected chi connectivity index (χ1v) is 15.0. The Kier molecular flexibility index (Phi) is 9.56. The van der Waals surface area contributed by atoms with Crippen molar-refractivity contribution >= 4 is 22.8 Å². The average Bonchev–Trinajstić information content (AvgIpc) is 3.34. The van der Waals surface area contributed by atoms with Crippen LogP contribution in [-0.2, 0) is 4.79 Å². The van der Waals surface area contributed by atoms with Crippen molar-refractivity contribution in [3.05, 3.63) is 47.5 Å². The van der Waals surface area contributed by atoms with Gasteiger partial charge >= 0.3 is 0 Å². The lowest BCUT2D eigenvalue weighted by Crippen LogP contribution is -2.38. The number of nitrogens with one attached hydrogen (secondary N) is 2. The van der Waals surface area contributed by atoms with Gasteiger partial charge in [0.15, 0.2) is 0 Å². The summed E-state index contributed by atoms with van der Waals surface area (Å²) in [5, 5.41) is 3.03. The molecule has 2 aliphatic rings. The molecular formula is C31H41FN6O4. The Hall–Kier alpha value is -3.73. The number of rotatable bonds is 9. The van der Waals surface area contributed by atoms with Crippen LogP contribution in [0.15, 0.2) is 35.5 Å². The minimum absolute atomic E-state index is 0.000884. The third-order valence-electron chi connectivity index (χ3n) is 8.12. The summed E-state index contributed by atoms with van der Waals surface area (Å²) >= 11 is 0. The summed E-state index contributed by atoms with van der Waals surface area (Å²) in [7, 11) is 1.42. The van der Waals surface area contributed by atoms with Crippen LogP contribution < -0.4 is 20.4 Å². The van der Waals surface area contributed by atoms with E-state index in [9.17, 15) is 14.0 Å². The molecule has 2 fully saturated rings. The Labute approximate surface area is 245 Å². The minimum Gasteiger partial charge on any atom is -0.497 e. The van der Waals surface area contributed by atoms with Crippen molar-refractivity contribution in [3.63, 3.8) is 0 Å². The van der Waals surface area contributed by atoms with Gasteiger partial charge in [-0.15, -0.1) is 0 Å². The van der Waals surface area contributed by atoms with Crippen LogP contribution in [0.1, 0.15) is 75.2 Å². The number of aromatic nitrogens is 3. The van der Waals surface area contributed by atoms with E-state index < -0.39 is 11.7 Å². The number of aromatic amines is 1. The molecule has 1 aromatic carbocycles. The van der Waals surface area contributed by atoms with Crippen LogP contribution in [0.3, 0.4) is 0 Å². The summed E-state index contributed by atoms with van der Waals surface area (Å²) in [5.41, 5.74) is 1.96. The predicted octanol–water partition coefficient (Wildman–Crippen LogP) is 4.37. The number of carbonyl (C=O) groups excluding carboxylic acids is 2. The second-order valence-electron chi connectivity index (χ2n) is 11.6. The Morgan fingerprint density at radius 2 is 1.88 bits per heavy atom. The first-order chi connectivity index (χ1) is 20.3. The maximum atomic E-state index is 14.2. The molecular weight excluding hydrogens is 539 g/mol. The molecule has 2 N–H and O–H groups in total. The molecule has 226 valence electrons. The third-order valence-corrected chi connectivity index (χ3v) is 8.12. The summed E-state index contributed by atoms with van der Waals surface area (Å²) in [4.78, 5) is 40.4. The maximum absolute atomic E-state index is 14.2. The fourth-order valence-corrected chi connectivity index (χ4v) is 5.97. The molecule has 2 aromatic heterocycles. The van der Waals surface area contributed by atoms with Gasteiger partial charge in [0.1, 0.15) is 18.2 Å². The van der Waals surface area contributed by atoms with E-state index in [1.165, 1.54) is 38.5 Å². The van der Waals surface area contributed by atoms with Gasteiger partial charge in [-0.25, -0.2) is 9.37 Å². The van der Waals surface area contributed by atoms with Crippen molar-refractivity contribution in [1.29, 1.82) is 0 Å². The molecule has 0 unspecified atom stereocenters. The molecule has 2 amide bonds. The molecule has 3 heterocycles. The molecule has 10 nitrogen and oxygen atoms in total. The van der Waals surface area contributed by atoms with E-state index in [1.54, 1.807) is 6.20 Å². The average molecular weight is 581 g/mol. The number of methoxy groups -OCH3 is 1. The lowest BCUT2D eigenvalue weighted by molar-refractivity contribution is -0.126. The number of pyridine rings is 1. The quantitative estimate of drug-likeness (QED) is 0.389. The Morgan fingerprint density at radius 3 is 2.60 bits per heavy atom. The lowest BCUT2D eigenvalue weighted by atomic mass is 9.85. The number of likely N-dealkylation sites (tertiary alicyclic amines) is 1. The zero-order chi connectivity index (χ0) is 29.6. The van der Waals surface area contributed by atoms with Crippen molar-refractivity contribution in [2.75, 3.05) is 33.4 Å². The zero-order valence-corrected chi connectivity index (χ0v) is 24.7. The van der Waals surface area contributed by atoms with Crippen LogP contribution in [0.2, 0.25) is 0 Å². The number of carbonyl (C=O) groups is 2. The third kappa shape index (κ3) is 7.18. The molecule has 0 atom stereocenters. The molecule has 5 rings (SSSR count). The Balaban J connectivity index is 1.44. The molecule has 0 bridgehead atoms. The van der Waals surface area contributed by atoms with Gasteiger partial charge in [0.2, 0.25) is 17.4 Å². The summed E-state index contributed by atoms with van der Waals surface area (Å²) in [6.07, 6.45) is 8.36. The second-order valence-corrected chi connectivity index (χ2v) is 11.6. The molecule has 1 aliphatic carbocycles. The van der Waals surface area contributed by atoms with Crippen molar-refractivity contribution in [2.45, 2.75) is 70.9 Å². The van der Waals surface area contributed by atoms with Gasteiger partial charge in [0.05, 0.1) is 24.3 Å². The predicted molar refractivity (Wildman–Crippen MR) is 157 cm³/mol. The summed E-state index contributed by atoms with van der Waals surface area (Å²) < 4.78 is 27.4.